The maximum absolute atomic E-state index is 5.60. The van der Waals surface area contributed by atoms with Crippen molar-refractivity contribution in [2.24, 2.45) is 0 Å². The molecule has 26 heavy (non-hydrogen) atoms. The van der Waals surface area contributed by atoms with Gasteiger partial charge in [0.1, 0.15) is 5.65 Å². The third kappa shape index (κ3) is 2.61. The molecule has 1 N–H and O–H groups in total. The Morgan fingerprint density at radius 3 is 3.00 bits per heavy atom. The van der Waals surface area contributed by atoms with Gasteiger partial charge in [-0.2, -0.15) is 0 Å². The Hall–Kier alpha value is -2.93. The summed E-state index contributed by atoms with van der Waals surface area (Å²) in [6.45, 7) is 2.81. The van der Waals surface area contributed by atoms with Crippen molar-refractivity contribution in [3.8, 4) is 11.1 Å². The van der Waals surface area contributed by atoms with E-state index in [1.54, 1.807) is 6.20 Å². The molecule has 1 saturated carbocycles. The molecule has 4 heterocycles. The lowest BCUT2D eigenvalue weighted by Gasteiger charge is -2.35. The Bertz CT molecular complexity index is 1060. The van der Waals surface area contributed by atoms with Gasteiger partial charge in [0.2, 0.25) is 5.95 Å². The van der Waals surface area contributed by atoms with Gasteiger partial charge in [-0.15, -0.1) is 5.10 Å². The quantitative estimate of drug-likeness (QED) is 0.600. The topological polar surface area (TPSA) is 68.8 Å². The minimum absolute atomic E-state index is 0.373. The van der Waals surface area contributed by atoms with Crippen molar-refractivity contribution in [1.29, 1.82) is 0 Å². The van der Waals surface area contributed by atoms with Crippen molar-refractivity contribution in [1.82, 2.24) is 24.0 Å². The molecule has 7 nitrogen and oxygen atoms in total. The number of hydrogen-bond donors (Lipinski definition) is 1. The van der Waals surface area contributed by atoms with Crippen molar-refractivity contribution in [3.63, 3.8) is 0 Å². The van der Waals surface area contributed by atoms with Gasteiger partial charge >= 0.3 is 0 Å². The van der Waals surface area contributed by atoms with E-state index in [0.29, 0.717) is 18.1 Å². The van der Waals surface area contributed by atoms with Crippen LogP contribution in [0.4, 0.5) is 5.95 Å². The molecule has 0 aliphatic heterocycles. The zero-order valence-corrected chi connectivity index (χ0v) is 14.5. The molecular weight excluding hydrogens is 328 g/mol. The molecule has 0 atom stereocenters. The first-order chi connectivity index (χ1) is 12.8. The van der Waals surface area contributed by atoms with E-state index in [2.05, 4.69) is 38.7 Å². The Morgan fingerprint density at radius 2 is 2.12 bits per heavy atom. The highest BCUT2D eigenvalue weighted by Crippen LogP contribution is 2.28. The number of hydrogen-bond acceptors (Lipinski definition) is 5. The lowest BCUT2D eigenvalue weighted by molar-refractivity contribution is 0.00283. The van der Waals surface area contributed by atoms with Gasteiger partial charge in [0.05, 0.1) is 17.8 Å². The second-order valence-electron chi connectivity index (χ2n) is 6.64. The number of imidazole rings is 1. The molecule has 5 rings (SSSR count). The summed E-state index contributed by atoms with van der Waals surface area (Å²) in [4.78, 5) is 8.80. The van der Waals surface area contributed by atoms with E-state index in [0.717, 1.165) is 41.7 Å². The van der Waals surface area contributed by atoms with E-state index < -0.39 is 0 Å². The van der Waals surface area contributed by atoms with Gasteiger partial charge in [-0.1, -0.05) is 0 Å². The highest BCUT2D eigenvalue weighted by molar-refractivity contribution is 5.80. The fraction of sp³-hybridized carbons (Fsp3) is 0.316. The summed E-state index contributed by atoms with van der Waals surface area (Å²) in [6.07, 6.45) is 12.1. The molecule has 1 fully saturated rings. The van der Waals surface area contributed by atoms with Crippen LogP contribution in [0.25, 0.3) is 22.3 Å². The number of aromatic nitrogens is 5. The number of nitrogens with one attached hydrogen (secondary N) is 1. The fourth-order valence-corrected chi connectivity index (χ4v) is 3.53. The van der Waals surface area contributed by atoms with E-state index in [1.165, 1.54) is 0 Å². The van der Waals surface area contributed by atoms with E-state index in [9.17, 15) is 0 Å². The molecule has 0 amide bonds. The molecule has 1 aliphatic carbocycles. The number of rotatable bonds is 5. The third-order valence-electron chi connectivity index (χ3n) is 4.95. The largest absolute Gasteiger partial charge is 0.378 e. The Labute approximate surface area is 150 Å². The van der Waals surface area contributed by atoms with Crippen LogP contribution in [0.1, 0.15) is 19.8 Å². The summed E-state index contributed by atoms with van der Waals surface area (Å²) < 4.78 is 9.49. The first kappa shape index (κ1) is 15.3. The van der Waals surface area contributed by atoms with Crippen LogP contribution in [0, 0.1) is 0 Å². The standard InChI is InChI=1S/C19H20N6O/c1-2-26-15-9-14(10-15)22-19-21-11-17-16(5-7-25(17)23-19)13-3-4-18-20-6-8-24(18)12-13/h3-8,11-12,14-15H,2,9-10H2,1H3,(H,22,23)/t14-,15-. The average molecular weight is 348 g/mol. The smallest absolute Gasteiger partial charge is 0.241 e. The van der Waals surface area contributed by atoms with Crippen molar-refractivity contribution in [2.45, 2.75) is 31.9 Å². The van der Waals surface area contributed by atoms with Crippen LogP contribution in [-0.2, 0) is 4.74 Å². The molecule has 132 valence electrons. The van der Waals surface area contributed by atoms with Gasteiger partial charge in [0, 0.05) is 48.6 Å². The molecule has 0 spiro atoms. The second-order valence-corrected chi connectivity index (χ2v) is 6.64. The van der Waals surface area contributed by atoms with Crippen LogP contribution in [0.15, 0.2) is 49.2 Å². The molecule has 4 aromatic rings. The predicted octanol–water partition coefficient (Wildman–Crippen LogP) is 3.02. The number of fused-ring (bicyclic) bond motifs is 2. The molecule has 0 saturated heterocycles. The van der Waals surface area contributed by atoms with Gasteiger partial charge in [0.15, 0.2) is 0 Å². The lowest BCUT2D eigenvalue weighted by Crippen LogP contribution is -2.41. The summed E-state index contributed by atoms with van der Waals surface area (Å²) in [6, 6.07) is 6.55. The number of anilines is 1. The number of pyridine rings is 1. The highest BCUT2D eigenvalue weighted by Gasteiger charge is 2.30. The van der Waals surface area contributed by atoms with E-state index in [1.807, 2.05) is 40.5 Å². The monoisotopic (exact) mass is 348 g/mol. The summed E-state index contributed by atoms with van der Waals surface area (Å²) >= 11 is 0. The average Bonchev–Trinajstić information content (AvgIpc) is 3.25. The van der Waals surface area contributed by atoms with Crippen LogP contribution < -0.4 is 5.32 Å². The van der Waals surface area contributed by atoms with Gasteiger partial charge in [0.25, 0.3) is 0 Å². The molecule has 1 aliphatic rings. The SMILES string of the molecule is CCO[C@H]1C[C@H](Nc2ncc3c(-c4ccc5nccn5c4)ccn3n2)C1. The van der Waals surface area contributed by atoms with Gasteiger partial charge in [-0.25, -0.2) is 14.5 Å². The second kappa shape index (κ2) is 6.10. The number of nitrogens with zero attached hydrogens (tertiary/aromatic N) is 5. The zero-order chi connectivity index (χ0) is 17.5. The Kier molecular flexibility index (Phi) is 3.60. The molecule has 4 aromatic heterocycles. The molecule has 0 unspecified atom stereocenters. The van der Waals surface area contributed by atoms with Gasteiger partial charge in [-0.3, -0.25) is 0 Å². The molecule has 0 bridgehead atoms. The summed E-state index contributed by atoms with van der Waals surface area (Å²) in [5.74, 6) is 0.657. The zero-order valence-electron chi connectivity index (χ0n) is 14.5. The van der Waals surface area contributed by atoms with Crippen molar-refractivity contribution < 1.29 is 4.74 Å². The van der Waals surface area contributed by atoms with Crippen LogP contribution in [0.5, 0.6) is 0 Å². The maximum Gasteiger partial charge on any atom is 0.241 e. The normalized spacial score (nSPS) is 19.7. The minimum Gasteiger partial charge on any atom is -0.378 e. The van der Waals surface area contributed by atoms with E-state index >= 15 is 0 Å². The van der Waals surface area contributed by atoms with E-state index in [4.69, 9.17) is 4.74 Å². The Morgan fingerprint density at radius 1 is 1.19 bits per heavy atom. The first-order valence-electron chi connectivity index (χ1n) is 8.96. The predicted molar refractivity (Wildman–Crippen MR) is 99.2 cm³/mol. The first-order valence-corrected chi connectivity index (χ1v) is 8.96. The summed E-state index contributed by atoms with van der Waals surface area (Å²) in [5, 5.41) is 7.99. The van der Waals surface area contributed by atoms with Crippen LogP contribution in [-0.4, -0.2) is 42.7 Å². The van der Waals surface area contributed by atoms with Crippen molar-refractivity contribution in [3.05, 3.63) is 49.2 Å². The maximum atomic E-state index is 5.60. The number of ether oxygens (including phenoxy) is 1. The van der Waals surface area contributed by atoms with Crippen molar-refractivity contribution in [2.75, 3.05) is 11.9 Å². The summed E-state index contributed by atoms with van der Waals surface area (Å²) in [5.41, 5.74) is 4.13. The third-order valence-corrected chi connectivity index (χ3v) is 4.95. The Balaban J connectivity index is 1.39. The summed E-state index contributed by atoms with van der Waals surface area (Å²) in [7, 11) is 0. The molecule has 0 aromatic carbocycles. The van der Waals surface area contributed by atoms with Crippen LogP contribution in [0.3, 0.4) is 0 Å². The van der Waals surface area contributed by atoms with Gasteiger partial charge in [-0.05, 0) is 38.0 Å². The van der Waals surface area contributed by atoms with Crippen LogP contribution in [0.2, 0.25) is 0 Å². The van der Waals surface area contributed by atoms with Crippen LogP contribution >= 0.6 is 0 Å². The highest BCUT2D eigenvalue weighted by atomic mass is 16.5. The van der Waals surface area contributed by atoms with Gasteiger partial charge < -0.3 is 14.5 Å². The van der Waals surface area contributed by atoms with E-state index in [-0.39, 0.29) is 0 Å². The fourth-order valence-electron chi connectivity index (χ4n) is 3.53. The molecular formula is C19H20N6O. The van der Waals surface area contributed by atoms with Crippen molar-refractivity contribution >= 4 is 17.1 Å². The molecule has 0 radical (unpaired) electrons. The lowest BCUT2D eigenvalue weighted by atomic mass is 9.89. The molecule has 7 heteroatoms. The minimum atomic E-state index is 0.373.